The topological polar surface area (TPSA) is 66.2 Å². The lowest BCUT2D eigenvalue weighted by Gasteiger charge is -2.35. The Balaban J connectivity index is 1.60. The van der Waals surface area contributed by atoms with Gasteiger partial charge in [0.15, 0.2) is 0 Å². The van der Waals surface area contributed by atoms with Crippen molar-refractivity contribution in [1.29, 1.82) is 0 Å². The van der Waals surface area contributed by atoms with Gasteiger partial charge in [-0.3, -0.25) is 9.58 Å². The maximum absolute atomic E-state index is 4.40. The first-order valence-electron chi connectivity index (χ1n) is 7.43. The zero-order valence-electron chi connectivity index (χ0n) is 13.3. The van der Waals surface area contributed by atoms with Gasteiger partial charge in [-0.05, 0) is 0 Å². The monoisotopic (exact) mass is 302 g/mol. The van der Waals surface area contributed by atoms with Crippen LogP contribution < -0.4 is 9.80 Å². The van der Waals surface area contributed by atoms with Crippen LogP contribution in [-0.2, 0) is 13.6 Å². The second-order valence-corrected chi connectivity index (χ2v) is 5.69. The normalized spacial score (nSPS) is 16.0. The molecule has 0 aromatic carbocycles. The summed E-state index contributed by atoms with van der Waals surface area (Å²) in [6.45, 7) is 4.75. The third-order valence-corrected chi connectivity index (χ3v) is 3.96. The Morgan fingerprint density at radius 1 is 1.05 bits per heavy atom. The molecule has 3 rings (SSSR count). The van der Waals surface area contributed by atoms with Crippen LogP contribution in [0.5, 0.6) is 0 Å². The summed E-state index contributed by atoms with van der Waals surface area (Å²) < 4.78 is 1.83. The molecule has 118 valence electrons. The molecule has 0 atom stereocenters. The Morgan fingerprint density at radius 2 is 1.82 bits per heavy atom. The number of rotatable bonds is 4. The van der Waals surface area contributed by atoms with Crippen LogP contribution in [0, 0.1) is 0 Å². The molecule has 0 amide bonds. The molecule has 22 heavy (non-hydrogen) atoms. The van der Waals surface area contributed by atoms with E-state index in [1.807, 2.05) is 36.8 Å². The van der Waals surface area contributed by atoms with Crippen molar-refractivity contribution in [3.05, 3.63) is 24.5 Å². The smallest absolute Gasteiger partial charge is 0.140 e. The number of piperazine rings is 1. The van der Waals surface area contributed by atoms with E-state index < -0.39 is 0 Å². The zero-order valence-corrected chi connectivity index (χ0v) is 13.3. The van der Waals surface area contributed by atoms with E-state index in [1.54, 1.807) is 12.7 Å². The van der Waals surface area contributed by atoms with Crippen LogP contribution in [0.4, 0.5) is 11.6 Å². The minimum absolute atomic E-state index is 0.844. The van der Waals surface area contributed by atoms with E-state index in [2.05, 4.69) is 29.9 Å². The molecule has 2 aromatic rings. The predicted molar refractivity (Wildman–Crippen MR) is 84.9 cm³/mol. The van der Waals surface area contributed by atoms with Crippen molar-refractivity contribution in [1.82, 2.24) is 29.6 Å². The summed E-state index contributed by atoms with van der Waals surface area (Å²) in [5, 5.41) is 4.12. The molecular formula is C14H22N8. The molecule has 0 N–H and O–H groups in total. The van der Waals surface area contributed by atoms with E-state index in [0.29, 0.717) is 0 Å². The first kappa shape index (κ1) is 14.7. The summed E-state index contributed by atoms with van der Waals surface area (Å²) in [7, 11) is 5.91. The summed E-state index contributed by atoms with van der Waals surface area (Å²) in [6, 6.07) is 2.04. The minimum Gasteiger partial charge on any atom is -0.363 e. The van der Waals surface area contributed by atoms with Crippen molar-refractivity contribution >= 4 is 11.6 Å². The van der Waals surface area contributed by atoms with Gasteiger partial charge in [-0.1, -0.05) is 0 Å². The van der Waals surface area contributed by atoms with Gasteiger partial charge in [0, 0.05) is 53.4 Å². The molecule has 0 spiro atoms. The second kappa shape index (κ2) is 6.27. The van der Waals surface area contributed by atoms with Crippen molar-refractivity contribution in [3.8, 4) is 0 Å². The number of aryl methyl sites for hydroxylation is 1. The maximum Gasteiger partial charge on any atom is 0.140 e. The summed E-state index contributed by atoms with van der Waals surface area (Å²) >= 11 is 0. The van der Waals surface area contributed by atoms with Gasteiger partial charge >= 0.3 is 0 Å². The third-order valence-electron chi connectivity index (χ3n) is 3.96. The lowest BCUT2D eigenvalue weighted by atomic mass is 10.3. The van der Waals surface area contributed by atoms with Gasteiger partial charge in [-0.25, -0.2) is 15.0 Å². The largest absolute Gasteiger partial charge is 0.363 e. The molecule has 8 heteroatoms. The van der Waals surface area contributed by atoms with Gasteiger partial charge in [0.2, 0.25) is 0 Å². The minimum atomic E-state index is 0.844. The highest BCUT2D eigenvalue weighted by atomic mass is 15.3. The zero-order chi connectivity index (χ0) is 15.5. The van der Waals surface area contributed by atoms with Gasteiger partial charge < -0.3 is 9.80 Å². The van der Waals surface area contributed by atoms with Gasteiger partial charge in [0.25, 0.3) is 0 Å². The fourth-order valence-electron chi connectivity index (χ4n) is 2.55. The average molecular weight is 302 g/mol. The molecule has 3 heterocycles. The van der Waals surface area contributed by atoms with Crippen LogP contribution >= 0.6 is 0 Å². The Morgan fingerprint density at radius 3 is 2.45 bits per heavy atom. The highest BCUT2D eigenvalue weighted by molar-refractivity contribution is 5.49. The van der Waals surface area contributed by atoms with Gasteiger partial charge in [0.05, 0.1) is 6.54 Å². The van der Waals surface area contributed by atoms with Crippen LogP contribution in [0.2, 0.25) is 0 Å². The van der Waals surface area contributed by atoms with Crippen molar-refractivity contribution < 1.29 is 0 Å². The summed E-state index contributed by atoms with van der Waals surface area (Å²) in [5.41, 5.74) is 0. The number of hydrogen-bond acceptors (Lipinski definition) is 7. The molecule has 1 fully saturated rings. The van der Waals surface area contributed by atoms with E-state index >= 15 is 0 Å². The summed E-state index contributed by atoms with van der Waals surface area (Å²) in [5.74, 6) is 2.94. The highest BCUT2D eigenvalue weighted by Gasteiger charge is 2.19. The SMILES string of the molecule is CN(C)c1cc(N2CCN(Cc3ncnn3C)CC2)ncn1. The van der Waals surface area contributed by atoms with Crippen LogP contribution in [0.3, 0.4) is 0 Å². The molecule has 8 nitrogen and oxygen atoms in total. The molecule has 0 bridgehead atoms. The molecule has 0 saturated carbocycles. The summed E-state index contributed by atoms with van der Waals surface area (Å²) in [6.07, 6.45) is 3.24. The van der Waals surface area contributed by atoms with Crippen molar-refractivity contribution in [2.24, 2.45) is 7.05 Å². The Kier molecular flexibility index (Phi) is 4.19. The quantitative estimate of drug-likeness (QED) is 0.787. The van der Waals surface area contributed by atoms with E-state index in [9.17, 15) is 0 Å². The molecule has 0 aliphatic carbocycles. The fraction of sp³-hybridized carbons (Fsp3) is 0.571. The lowest BCUT2D eigenvalue weighted by Crippen LogP contribution is -2.46. The number of nitrogens with zero attached hydrogens (tertiary/aromatic N) is 8. The fourth-order valence-corrected chi connectivity index (χ4v) is 2.55. The van der Waals surface area contributed by atoms with Crippen LogP contribution in [-0.4, -0.2) is 69.9 Å². The second-order valence-electron chi connectivity index (χ2n) is 5.69. The molecule has 1 aliphatic heterocycles. The number of anilines is 2. The Hall–Kier alpha value is -2.22. The standard InChI is InChI=1S/C14H22N8/c1-19(2)12-8-13(16-10-15-12)22-6-4-21(5-7-22)9-14-17-11-18-20(14)3/h8,10-11H,4-7,9H2,1-3H3. The predicted octanol–water partition coefficient (Wildman–Crippen LogP) is -0.00670. The van der Waals surface area contributed by atoms with E-state index in [4.69, 9.17) is 0 Å². The van der Waals surface area contributed by atoms with Crippen LogP contribution in [0.1, 0.15) is 5.82 Å². The van der Waals surface area contributed by atoms with E-state index in [0.717, 1.165) is 50.2 Å². The van der Waals surface area contributed by atoms with Crippen LogP contribution in [0.15, 0.2) is 18.7 Å². The van der Waals surface area contributed by atoms with Gasteiger partial charge in [-0.2, -0.15) is 5.10 Å². The molecule has 1 aliphatic rings. The van der Waals surface area contributed by atoms with Gasteiger partial charge in [0.1, 0.15) is 30.1 Å². The number of aromatic nitrogens is 5. The first-order chi connectivity index (χ1) is 10.6. The van der Waals surface area contributed by atoms with Crippen molar-refractivity contribution in [3.63, 3.8) is 0 Å². The van der Waals surface area contributed by atoms with Gasteiger partial charge in [-0.15, -0.1) is 0 Å². The number of hydrogen-bond donors (Lipinski definition) is 0. The van der Waals surface area contributed by atoms with Crippen LogP contribution in [0.25, 0.3) is 0 Å². The lowest BCUT2D eigenvalue weighted by molar-refractivity contribution is 0.240. The highest BCUT2D eigenvalue weighted by Crippen LogP contribution is 2.18. The van der Waals surface area contributed by atoms with E-state index in [1.165, 1.54) is 0 Å². The Bertz CT molecular complexity index is 615. The van der Waals surface area contributed by atoms with Crippen molar-refractivity contribution in [2.45, 2.75) is 6.54 Å². The van der Waals surface area contributed by atoms with E-state index in [-0.39, 0.29) is 0 Å². The molecule has 1 saturated heterocycles. The molecule has 2 aromatic heterocycles. The first-order valence-corrected chi connectivity index (χ1v) is 7.43. The van der Waals surface area contributed by atoms with Crippen molar-refractivity contribution in [2.75, 3.05) is 50.1 Å². The Labute approximate surface area is 130 Å². The third kappa shape index (κ3) is 3.16. The average Bonchev–Trinajstić information content (AvgIpc) is 2.93. The maximum atomic E-state index is 4.40. The summed E-state index contributed by atoms with van der Waals surface area (Å²) in [4.78, 5) is 19.7. The molecular weight excluding hydrogens is 280 g/mol. The molecule has 0 unspecified atom stereocenters. The molecule has 0 radical (unpaired) electrons.